The Morgan fingerprint density at radius 3 is 1.96 bits per heavy atom. The van der Waals surface area contributed by atoms with Crippen molar-refractivity contribution in [3.05, 3.63) is 88.6 Å². The standard InChI is InChI=1S/C22H14ClN3O2/c23-18-12-20-19(25-22(27)26-20)11-17(18)15-5-1-13(2-6-15)14-3-7-16(8-4-14)21-24-9-10-28-21/h1-12H,(H2,25,26,27). The van der Waals surface area contributed by atoms with Crippen LogP contribution in [0.15, 0.2) is 82.3 Å². The number of nitrogens with zero attached hydrogens (tertiary/aromatic N) is 1. The number of benzene rings is 3. The smallest absolute Gasteiger partial charge is 0.323 e. The molecule has 0 atom stereocenters. The molecule has 0 amide bonds. The molecule has 5 aromatic rings. The molecule has 0 aliphatic heterocycles. The summed E-state index contributed by atoms with van der Waals surface area (Å²) in [7, 11) is 0. The van der Waals surface area contributed by atoms with Gasteiger partial charge in [-0.1, -0.05) is 48.0 Å². The van der Waals surface area contributed by atoms with Gasteiger partial charge in [0.2, 0.25) is 5.89 Å². The van der Waals surface area contributed by atoms with Crippen LogP contribution in [0.1, 0.15) is 0 Å². The number of nitrogens with one attached hydrogen (secondary N) is 2. The molecule has 0 spiro atoms. The van der Waals surface area contributed by atoms with E-state index in [0.29, 0.717) is 16.4 Å². The third kappa shape index (κ3) is 2.92. The van der Waals surface area contributed by atoms with Crippen LogP contribution in [0.3, 0.4) is 0 Å². The maximum absolute atomic E-state index is 11.5. The van der Waals surface area contributed by atoms with E-state index in [9.17, 15) is 4.79 Å². The fourth-order valence-corrected chi connectivity index (χ4v) is 3.56. The van der Waals surface area contributed by atoms with Crippen molar-refractivity contribution in [1.29, 1.82) is 0 Å². The number of rotatable bonds is 3. The van der Waals surface area contributed by atoms with Crippen LogP contribution in [-0.2, 0) is 0 Å². The molecule has 0 saturated carbocycles. The number of aromatic nitrogens is 3. The molecule has 0 aliphatic rings. The number of oxazole rings is 1. The van der Waals surface area contributed by atoms with Crippen LogP contribution in [0.5, 0.6) is 0 Å². The van der Waals surface area contributed by atoms with Crippen LogP contribution in [0.2, 0.25) is 5.02 Å². The third-order valence-corrected chi connectivity index (χ3v) is 5.01. The highest BCUT2D eigenvalue weighted by Gasteiger charge is 2.09. The van der Waals surface area contributed by atoms with E-state index in [1.165, 1.54) is 0 Å². The van der Waals surface area contributed by atoms with Crippen molar-refractivity contribution in [2.24, 2.45) is 0 Å². The van der Waals surface area contributed by atoms with Gasteiger partial charge in [-0.05, 0) is 41.0 Å². The highest BCUT2D eigenvalue weighted by atomic mass is 35.5. The Labute approximate surface area is 164 Å². The molecule has 0 unspecified atom stereocenters. The minimum atomic E-state index is -0.244. The molecule has 2 heterocycles. The number of halogens is 1. The molecular formula is C22H14ClN3O2. The van der Waals surface area contributed by atoms with Gasteiger partial charge in [0.25, 0.3) is 0 Å². The van der Waals surface area contributed by atoms with Crippen LogP contribution < -0.4 is 5.69 Å². The van der Waals surface area contributed by atoms with Crippen LogP contribution in [0.25, 0.3) is 44.7 Å². The molecule has 2 N–H and O–H groups in total. The molecular weight excluding hydrogens is 374 g/mol. The highest BCUT2D eigenvalue weighted by molar-refractivity contribution is 6.34. The number of hydrogen-bond acceptors (Lipinski definition) is 3. The van der Waals surface area contributed by atoms with Gasteiger partial charge in [-0.2, -0.15) is 0 Å². The van der Waals surface area contributed by atoms with Gasteiger partial charge < -0.3 is 14.4 Å². The quantitative estimate of drug-likeness (QED) is 0.429. The zero-order valence-electron chi connectivity index (χ0n) is 14.6. The highest BCUT2D eigenvalue weighted by Crippen LogP contribution is 2.32. The molecule has 0 fully saturated rings. The van der Waals surface area contributed by atoms with E-state index >= 15 is 0 Å². The summed E-state index contributed by atoms with van der Waals surface area (Å²) in [5.41, 5.74) is 6.16. The Hall–Kier alpha value is -3.57. The molecule has 2 aromatic heterocycles. The zero-order valence-corrected chi connectivity index (χ0v) is 15.3. The summed E-state index contributed by atoms with van der Waals surface area (Å²) >= 11 is 6.42. The topological polar surface area (TPSA) is 74.7 Å². The van der Waals surface area contributed by atoms with Crippen molar-refractivity contribution in [2.45, 2.75) is 0 Å². The zero-order chi connectivity index (χ0) is 19.1. The van der Waals surface area contributed by atoms with Gasteiger partial charge in [-0.15, -0.1) is 0 Å². The Morgan fingerprint density at radius 1 is 0.786 bits per heavy atom. The number of fused-ring (bicyclic) bond motifs is 1. The monoisotopic (exact) mass is 387 g/mol. The average molecular weight is 388 g/mol. The Morgan fingerprint density at radius 2 is 1.36 bits per heavy atom. The summed E-state index contributed by atoms with van der Waals surface area (Å²) in [6.07, 6.45) is 3.20. The first-order chi connectivity index (χ1) is 13.7. The molecule has 0 saturated heterocycles. The molecule has 0 radical (unpaired) electrons. The summed E-state index contributed by atoms with van der Waals surface area (Å²) in [6.45, 7) is 0. The van der Waals surface area contributed by atoms with E-state index in [2.05, 4.69) is 27.1 Å². The number of H-pyrrole nitrogens is 2. The number of hydrogen-bond donors (Lipinski definition) is 2. The Balaban J connectivity index is 1.47. The minimum Gasteiger partial charge on any atom is -0.445 e. The van der Waals surface area contributed by atoms with Crippen molar-refractivity contribution in [3.63, 3.8) is 0 Å². The normalized spacial score (nSPS) is 11.2. The van der Waals surface area contributed by atoms with Crippen molar-refractivity contribution in [2.75, 3.05) is 0 Å². The van der Waals surface area contributed by atoms with E-state index in [0.717, 1.165) is 33.3 Å². The Kier molecular flexibility index (Phi) is 3.88. The Bertz CT molecular complexity index is 1320. The van der Waals surface area contributed by atoms with Crippen LogP contribution >= 0.6 is 11.6 Å². The first-order valence-electron chi connectivity index (χ1n) is 8.70. The predicted octanol–water partition coefficient (Wildman–Crippen LogP) is 5.50. The second-order valence-corrected chi connectivity index (χ2v) is 6.86. The molecule has 6 heteroatoms. The summed E-state index contributed by atoms with van der Waals surface area (Å²) in [4.78, 5) is 21.1. The summed E-state index contributed by atoms with van der Waals surface area (Å²) in [5, 5.41) is 0.589. The van der Waals surface area contributed by atoms with Gasteiger partial charge in [0.05, 0.1) is 22.3 Å². The summed E-state index contributed by atoms with van der Waals surface area (Å²) < 4.78 is 5.33. The van der Waals surface area contributed by atoms with Crippen molar-refractivity contribution >= 4 is 22.6 Å². The van der Waals surface area contributed by atoms with E-state index in [1.54, 1.807) is 18.5 Å². The molecule has 136 valence electrons. The van der Waals surface area contributed by atoms with Gasteiger partial charge in [0.1, 0.15) is 6.26 Å². The number of aromatic amines is 2. The number of imidazole rings is 1. The lowest BCUT2D eigenvalue weighted by molar-refractivity contribution is 0.574. The van der Waals surface area contributed by atoms with Gasteiger partial charge >= 0.3 is 5.69 Å². The van der Waals surface area contributed by atoms with Gasteiger partial charge in [0.15, 0.2) is 0 Å². The second-order valence-electron chi connectivity index (χ2n) is 6.45. The first kappa shape index (κ1) is 16.6. The fraction of sp³-hybridized carbons (Fsp3) is 0. The molecule has 5 rings (SSSR count). The molecule has 0 aliphatic carbocycles. The molecule has 28 heavy (non-hydrogen) atoms. The third-order valence-electron chi connectivity index (χ3n) is 4.70. The van der Waals surface area contributed by atoms with Crippen LogP contribution in [0, 0.1) is 0 Å². The van der Waals surface area contributed by atoms with Gasteiger partial charge in [-0.3, -0.25) is 0 Å². The molecule has 0 bridgehead atoms. The van der Waals surface area contributed by atoms with Crippen LogP contribution in [0.4, 0.5) is 0 Å². The predicted molar refractivity (Wildman–Crippen MR) is 110 cm³/mol. The van der Waals surface area contributed by atoms with Gasteiger partial charge in [-0.25, -0.2) is 9.78 Å². The second kappa shape index (κ2) is 6.55. The average Bonchev–Trinajstić information content (AvgIpc) is 3.37. The maximum Gasteiger partial charge on any atom is 0.323 e. The van der Waals surface area contributed by atoms with Crippen molar-refractivity contribution in [1.82, 2.24) is 15.0 Å². The fourth-order valence-electron chi connectivity index (χ4n) is 3.29. The van der Waals surface area contributed by atoms with Crippen molar-refractivity contribution < 1.29 is 4.42 Å². The lowest BCUT2D eigenvalue weighted by Gasteiger charge is -2.08. The van der Waals surface area contributed by atoms with E-state index in [1.807, 2.05) is 42.5 Å². The van der Waals surface area contributed by atoms with E-state index in [-0.39, 0.29) is 5.69 Å². The SMILES string of the molecule is O=c1[nH]c2cc(Cl)c(-c3ccc(-c4ccc(-c5ncco5)cc4)cc3)cc2[nH]1. The lowest BCUT2D eigenvalue weighted by Crippen LogP contribution is -1.99. The van der Waals surface area contributed by atoms with E-state index < -0.39 is 0 Å². The maximum atomic E-state index is 11.5. The van der Waals surface area contributed by atoms with Crippen LogP contribution in [-0.4, -0.2) is 15.0 Å². The largest absolute Gasteiger partial charge is 0.445 e. The van der Waals surface area contributed by atoms with Gasteiger partial charge in [0, 0.05) is 11.1 Å². The summed E-state index contributed by atoms with van der Waals surface area (Å²) in [5.74, 6) is 0.606. The molecule has 3 aromatic carbocycles. The van der Waals surface area contributed by atoms with E-state index in [4.69, 9.17) is 16.0 Å². The lowest BCUT2D eigenvalue weighted by atomic mass is 9.99. The van der Waals surface area contributed by atoms with Crippen molar-refractivity contribution in [3.8, 4) is 33.7 Å². The minimum absolute atomic E-state index is 0.244. The summed E-state index contributed by atoms with van der Waals surface area (Å²) in [6, 6.07) is 19.9. The molecule has 5 nitrogen and oxygen atoms in total. The first-order valence-corrected chi connectivity index (χ1v) is 9.07.